The monoisotopic (exact) mass is 202 g/mol. The van der Waals surface area contributed by atoms with Gasteiger partial charge in [0.25, 0.3) is 0 Å². The minimum Gasteiger partial charge on any atom is -0.373 e. The fraction of sp³-hybridized carbons (Fsp3) is 0.909. The molecule has 0 bridgehead atoms. The van der Waals surface area contributed by atoms with Crippen molar-refractivity contribution >= 4 is 5.78 Å². The summed E-state index contributed by atoms with van der Waals surface area (Å²) in [6, 6.07) is 0. The molecule has 0 spiro atoms. The van der Waals surface area contributed by atoms with E-state index in [0.29, 0.717) is 18.3 Å². The maximum Gasteiger partial charge on any atom is 0.141 e. The van der Waals surface area contributed by atoms with Crippen LogP contribution < -0.4 is 5.32 Å². The second-order valence-electron chi connectivity index (χ2n) is 4.16. The van der Waals surface area contributed by atoms with Crippen LogP contribution in [0.4, 0.5) is 0 Å². The normalized spacial score (nSPS) is 11.3. The van der Waals surface area contributed by atoms with Crippen LogP contribution >= 0.6 is 0 Å². The molecule has 0 saturated carbocycles. The van der Waals surface area contributed by atoms with Crippen LogP contribution in [-0.4, -0.2) is 31.6 Å². The topological polar surface area (TPSA) is 42.9 Å². The Kier molecular flexibility index (Phi) is 7.71. The number of ketones is 1. The van der Waals surface area contributed by atoms with E-state index in [1.165, 1.54) is 0 Å². The Labute approximate surface area is 87.2 Å². The molecule has 0 amide bonds. The molecule has 84 valence electrons. The molecule has 0 fully saturated rings. The van der Waals surface area contributed by atoms with Crippen LogP contribution in [0.3, 0.4) is 0 Å². The lowest BCUT2D eigenvalue weighted by molar-refractivity contribution is -0.655. The van der Waals surface area contributed by atoms with Gasteiger partial charge in [0.05, 0.1) is 32.2 Å². The molecule has 0 rings (SSSR count). The van der Waals surface area contributed by atoms with E-state index in [-0.39, 0.29) is 5.92 Å². The molecule has 0 aliphatic rings. The Balaban J connectivity index is 3.18. The van der Waals surface area contributed by atoms with E-state index in [1.807, 2.05) is 27.7 Å². The first kappa shape index (κ1) is 13.6. The van der Waals surface area contributed by atoms with Gasteiger partial charge >= 0.3 is 0 Å². The summed E-state index contributed by atoms with van der Waals surface area (Å²) in [5, 5.41) is 2.14. The molecule has 0 heterocycles. The molecule has 0 aromatic rings. The molecule has 0 aromatic heterocycles. The number of carbonyl (C=O) groups is 1. The summed E-state index contributed by atoms with van der Waals surface area (Å²) in [6.45, 7) is 10.6. The molecule has 0 aromatic carbocycles. The molecule has 3 nitrogen and oxygen atoms in total. The first-order valence-corrected chi connectivity index (χ1v) is 5.50. The van der Waals surface area contributed by atoms with Crippen LogP contribution in [0, 0.1) is 5.92 Å². The lowest BCUT2D eigenvalue weighted by atomic mass is 10.1. The summed E-state index contributed by atoms with van der Waals surface area (Å²) in [5.74, 6) is 0.529. The van der Waals surface area contributed by atoms with E-state index in [9.17, 15) is 4.79 Å². The minimum atomic E-state index is 0.176. The van der Waals surface area contributed by atoms with Crippen LogP contribution in [0.2, 0.25) is 0 Å². The lowest BCUT2D eigenvalue weighted by Crippen LogP contribution is -2.85. The van der Waals surface area contributed by atoms with Gasteiger partial charge < -0.3 is 10.1 Å². The van der Waals surface area contributed by atoms with Gasteiger partial charge in [-0.05, 0) is 13.8 Å². The number of Topliss-reactive ketones (excluding diaryl/α,β-unsaturated/α-hetero) is 1. The van der Waals surface area contributed by atoms with E-state index < -0.39 is 0 Å². The average molecular weight is 202 g/mol. The van der Waals surface area contributed by atoms with E-state index in [4.69, 9.17) is 4.74 Å². The molecule has 0 radical (unpaired) electrons. The number of hydrogen-bond donors (Lipinski definition) is 1. The predicted molar refractivity (Wildman–Crippen MR) is 57.2 cm³/mol. The molecule has 14 heavy (non-hydrogen) atoms. The van der Waals surface area contributed by atoms with Gasteiger partial charge in [-0.2, -0.15) is 0 Å². The van der Waals surface area contributed by atoms with E-state index in [0.717, 1.165) is 19.7 Å². The molecule has 0 aliphatic heterocycles. The van der Waals surface area contributed by atoms with Crippen molar-refractivity contribution in [2.24, 2.45) is 5.92 Å². The van der Waals surface area contributed by atoms with Crippen LogP contribution in [-0.2, 0) is 9.53 Å². The van der Waals surface area contributed by atoms with Gasteiger partial charge in [0, 0.05) is 5.92 Å². The number of rotatable bonds is 8. The van der Waals surface area contributed by atoms with Gasteiger partial charge in [0.1, 0.15) is 5.78 Å². The number of quaternary nitrogens is 1. The van der Waals surface area contributed by atoms with Gasteiger partial charge in [-0.25, -0.2) is 0 Å². The van der Waals surface area contributed by atoms with Crippen molar-refractivity contribution in [2.45, 2.75) is 40.2 Å². The highest BCUT2D eigenvalue weighted by molar-refractivity contribution is 5.80. The lowest BCUT2D eigenvalue weighted by Gasteiger charge is -2.06. The van der Waals surface area contributed by atoms with Crippen LogP contribution in [0.15, 0.2) is 0 Å². The number of carbonyl (C=O) groups excluding carboxylic acids is 1. The zero-order valence-corrected chi connectivity index (χ0v) is 9.88. The Hall–Kier alpha value is -0.410. The highest BCUT2D eigenvalue weighted by atomic mass is 16.5. The van der Waals surface area contributed by atoms with Crippen molar-refractivity contribution in [3.8, 4) is 0 Å². The smallest absolute Gasteiger partial charge is 0.141 e. The third-order valence-electron chi connectivity index (χ3n) is 2.01. The van der Waals surface area contributed by atoms with E-state index >= 15 is 0 Å². The first-order chi connectivity index (χ1) is 6.54. The zero-order valence-electron chi connectivity index (χ0n) is 9.88. The fourth-order valence-electron chi connectivity index (χ4n) is 1.06. The Bertz CT molecular complexity index is 155. The minimum absolute atomic E-state index is 0.176. The average Bonchev–Trinajstić information content (AvgIpc) is 2.09. The zero-order chi connectivity index (χ0) is 11.0. The van der Waals surface area contributed by atoms with Gasteiger partial charge in [-0.1, -0.05) is 13.8 Å². The maximum atomic E-state index is 11.2. The summed E-state index contributed by atoms with van der Waals surface area (Å²) < 4.78 is 5.38. The Morgan fingerprint density at radius 1 is 1.21 bits per heavy atom. The third-order valence-corrected chi connectivity index (χ3v) is 2.01. The molecule has 0 aliphatic carbocycles. The summed E-state index contributed by atoms with van der Waals surface area (Å²) in [6.07, 6.45) is 0.986. The van der Waals surface area contributed by atoms with Crippen LogP contribution in [0.1, 0.15) is 34.1 Å². The summed E-state index contributed by atoms with van der Waals surface area (Å²) >= 11 is 0. The van der Waals surface area contributed by atoms with Crippen molar-refractivity contribution in [2.75, 3.05) is 19.7 Å². The van der Waals surface area contributed by atoms with Crippen molar-refractivity contribution in [3.63, 3.8) is 0 Å². The van der Waals surface area contributed by atoms with Crippen molar-refractivity contribution in [1.82, 2.24) is 0 Å². The van der Waals surface area contributed by atoms with Gasteiger partial charge in [0.15, 0.2) is 0 Å². The largest absolute Gasteiger partial charge is 0.373 e. The van der Waals surface area contributed by atoms with Crippen molar-refractivity contribution in [1.29, 1.82) is 0 Å². The summed E-state index contributed by atoms with van der Waals surface area (Å²) in [7, 11) is 0. The number of ether oxygens (including phenoxy) is 1. The quantitative estimate of drug-likeness (QED) is 0.585. The van der Waals surface area contributed by atoms with E-state index in [2.05, 4.69) is 5.32 Å². The molecule has 0 unspecified atom stereocenters. The van der Waals surface area contributed by atoms with Crippen LogP contribution in [0.5, 0.6) is 0 Å². The maximum absolute atomic E-state index is 11.2. The van der Waals surface area contributed by atoms with Crippen molar-refractivity contribution < 1.29 is 14.8 Å². The summed E-state index contributed by atoms with van der Waals surface area (Å²) in [4.78, 5) is 11.2. The highest BCUT2D eigenvalue weighted by Crippen LogP contribution is 1.95. The Morgan fingerprint density at radius 3 is 2.36 bits per heavy atom. The molecule has 0 atom stereocenters. The third kappa shape index (κ3) is 8.20. The van der Waals surface area contributed by atoms with Crippen LogP contribution in [0.25, 0.3) is 0 Å². The standard InChI is InChI=1S/C11H23NO2/c1-9(2)11(13)5-6-12-7-8-14-10(3)4/h9-10,12H,5-8H2,1-4H3/p+1. The van der Waals surface area contributed by atoms with Gasteiger partial charge in [-0.15, -0.1) is 0 Å². The Morgan fingerprint density at radius 2 is 1.86 bits per heavy atom. The fourth-order valence-corrected chi connectivity index (χ4v) is 1.06. The highest BCUT2D eigenvalue weighted by Gasteiger charge is 2.07. The molecule has 0 saturated heterocycles. The van der Waals surface area contributed by atoms with Gasteiger partial charge in [0.2, 0.25) is 0 Å². The molecular weight excluding hydrogens is 178 g/mol. The number of nitrogens with two attached hydrogens (primary N) is 1. The molecule has 2 N–H and O–H groups in total. The second kappa shape index (κ2) is 7.94. The summed E-state index contributed by atoms with van der Waals surface area (Å²) in [5.41, 5.74) is 0. The SMILES string of the molecule is CC(C)OCC[NH2+]CCC(=O)C(C)C. The molecule has 3 heteroatoms. The number of hydrogen-bond acceptors (Lipinski definition) is 2. The first-order valence-electron chi connectivity index (χ1n) is 5.50. The predicted octanol–water partition coefficient (Wildman–Crippen LogP) is 0.590. The second-order valence-corrected chi connectivity index (χ2v) is 4.16. The van der Waals surface area contributed by atoms with Gasteiger partial charge in [-0.3, -0.25) is 4.79 Å². The molecular formula is C11H24NO2+. The van der Waals surface area contributed by atoms with E-state index in [1.54, 1.807) is 0 Å². The van der Waals surface area contributed by atoms with Crippen molar-refractivity contribution in [3.05, 3.63) is 0 Å².